The van der Waals surface area contributed by atoms with Crippen LogP contribution in [-0.2, 0) is 4.79 Å². The quantitative estimate of drug-likeness (QED) is 0.649. The number of rotatable bonds is 2. The zero-order valence-corrected chi connectivity index (χ0v) is 15.2. The number of aromatic nitrogens is 3. The highest BCUT2D eigenvalue weighted by Gasteiger charge is 2.33. The maximum absolute atomic E-state index is 13.2. The van der Waals surface area contributed by atoms with Gasteiger partial charge >= 0.3 is 0 Å². The summed E-state index contributed by atoms with van der Waals surface area (Å²) in [5.74, 6) is 0.562. The maximum atomic E-state index is 13.2. The Morgan fingerprint density at radius 1 is 1.25 bits per heavy atom. The van der Waals surface area contributed by atoms with Gasteiger partial charge in [0.25, 0.3) is 12.4 Å². The van der Waals surface area contributed by atoms with Crippen LogP contribution < -0.4 is 0 Å². The Morgan fingerprint density at radius 2 is 2.04 bits per heavy atom. The fourth-order valence-electron chi connectivity index (χ4n) is 3.97. The van der Waals surface area contributed by atoms with E-state index in [1.165, 1.54) is 0 Å². The predicted octanol–water partition coefficient (Wildman–Crippen LogP) is 1.84. The van der Waals surface area contributed by atoms with E-state index in [1.54, 1.807) is 12.5 Å². The molecule has 146 valence electrons. The first-order valence-electron chi connectivity index (χ1n) is 9.20. The molecule has 9 heteroatoms. The lowest BCUT2D eigenvalue weighted by Crippen LogP contribution is -2.41. The summed E-state index contributed by atoms with van der Waals surface area (Å²) >= 11 is 0. The number of carbonyl (C=O) groups excluding carboxylic acids is 1. The van der Waals surface area contributed by atoms with E-state index in [4.69, 9.17) is 14.3 Å². The number of fused-ring (bicyclic) bond motifs is 5. The smallest absolute Gasteiger partial charge is 0.290 e. The number of nitrogens with one attached hydrogen (secondary N) is 1. The van der Waals surface area contributed by atoms with Crippen molar-refractivity contribution in [3.05, 3.63) is 36.4 Å². The summed E-state index contributed by atoms with van der Waals surface area (Å²) in [7, 11) is 0. The van der Waals surface area contributed by atoms with Crippen molar-refractivity contribution >= 4 is 23.3 Å². The Bertz CT molecular complexity index is 960. The average molecular weight is 383 g/mol. The van der Waals surface area contributed by atoms with Gasteiger partial charge in [-0.3, -0.25) is 14.7 Å². The molecular weight excluding hydrogens is 362 g/mol. The lowest BCUT2D eigenvalue weighted by atomic mass is 10.0. The van der Waals surface area contributed by atoms with Gasteiger partial charge in [0.2, 0.25) is 5.89 Å². The van der Waals surface area contributed by atoms with E-state index < -0.39 is 0 Å². The van der Waals surface area contributed by atoms with Crippen molar-refractivity contribution in [1.29, 1.82) is 0 Å². The average Bonchev–Trinajstić information content (AvgIpc) is 3.30. The Hall–Kier alpha value is -3.20. The minimum absolute atomic E-state index is 0.0181. The second kappa shape index (κ2) is 7.81. The SMILES string of the molecule is O=C(c1n[nH]c2ccc(-c3ncco3)cc12)N1CCN2CCC1CC2.O=CO. The lowest BCUT2D eigenvalue weighted by molar-refractivity contribution is -0.122. The van der Waals surface area contributed by atoms with Gasteiger partial charge in [0.1, 0.15) is 6.26 Å². The fourth-order valence-corrected chi connectivity index (χ4v) is 3.97. The number of piperidine rings is 1. The predicted molar refractivity (Wildman–Crippen MR) is 101 cm³/mol. The molecule has 28 heavy (non-hydrogen) atoms. The molecule has 6 rings (SSSR count). The van der Waals surface area contributed by atoms with Gasteiger partial charge in [0, 0.05) is 43.2 Å². The van der Waals surface area contributed by atoms with Crippen LogP contribution >= 0.6 is 0 Å². The fraction of sp³-hybridized carbons (Fsp3) is 0.368. The molecule has 1 aromatic carbocycles. The van der Waals surface area contributed by atoms with Crippen molar-refractivity contribution in [1.82, 2.24) is 25.0 Å². The third-order valence-electron chi connectivity index (χ3n) is 5.36. The highest BCUT2D eigenvalue weighted by molar-refractivity contribution is 6.05. The second-order valence-electron chi connectivity index (χ2n) is 6.85. The lowest BCUT2D eigenvalue weighted by Gasteiger charge is -2.31. The van der Waals surface area contributed by atoms with E-state index in [-0.39, 0.29) is 12.4 Å². The number of hydrogen-bond donors (Lipinski definition) is 2. The zero-order chi connectivity index (χ0) is 19.5. The number of carboxylic acid groups (broad SMARTS) is 1. The summed E-state index contributed by atoms with van der Waals surface area (Å²) in [5, 5.41) is 15.0. The molecule has 2 bridgehead atoms. The largest absolute Gasteiger partial charge is 0.483 e. The monoisotopic (exact) mass is 383 g/mol. The maximum Gasteiger partial charge on any atom is 0.290 e. The molecule has 3 aromatic rings. The summed E-state index contributed by atoms with van der Waals surface area (Å²) in [5.41, 5.74) is 2.18. The van der Waals surface area contributed by atoms with Crippen molar-refractivity contribution in [2.45, 2.75) is 18.9 Å². The van der Waals surface area contributed by atoms with Crippen LogP contribution in [0.15, 0.2) is 35.1 Å². The number of H-pyrrole nitrogens is 1. The van der Waals surface area contributed by atoms with E-state index in [2.05, 4.69) is 20.1 Å². The van der Waals surface area contributed by atoms with Crippen LogP contribution in [0.4, 0.5) is 0 Å². The molecule has 2 N–H and O–H groups in total. The van der Waals surface area contributed by atoms with Gasteiger partial charge < -0.3 is 19.3 Å². The molecule has 3 aliphatic heterocycles. The van der Waals surface area contributed by atoms with Crippen LogP contribution in [-0.4, -0.2) is 74.7 Å². The van der Waals surface area contributed by atoms with Crippen molar-refractivity contribution < 1.29 is 19.1 Å². The minimum atomic E-state index is -0.250. The molecular formula is C19H21N5O4. The molecule has 0 atom stereocenters. The Labute approximate surface area is 160 Å². The first-order chi connectivity index (χ1) is 13.7. The van der Waals surface area contributed by atoms with Gasteiger partial charge in [-0.25, -0.2) is 4.98 Å². The molecule has 0 radical (unpaired) electrons. The van der Waals surface area contributed by atoms with Gasteiger partial charge in [0.05, 0.1) is 11.7 Å². The molecule has 3 fully saturated rings. The minimum Gasteiger partial charge on any atom is -0.483 e. The van der Waals surface area contributed by atoms with Gasteiger partial charge in [-0.15, -0.1) is 0 Å². The summed E-state index contributed by atoms with van der Waals surface area (Å²) in [4.78, 5) is 30.2. The van der Waals surface area contributed by atoms with Crippen LogP contribution in [0, 0.1) is 0 Å². The number of nitrogens with zero attached hydrogens (tertiary/aromatic N) is 4. The van der Waals surface area contributed by atoms with Crippen molar-refractivity contribution in [2.24, 2.45) is 0 Å². The van der Waals surface area contributed by atoms with Gasteiger partial charge in [-0.2, -0.15) is 5.10 Å². The number of benzene rings is 1. The summed E-state index contributed by atoms with van der Waals surface area (Å²) in [6.45, 7) is 3.65. The second-order valence-corrected chi connectivity index (χ2v) is 6.85. The molecule has 3 saturated heterocycles. The van der Waals surface area contributed by atoms with Crippen molar-refractivity contribution in [3.8, 4) is 11.5 Å². The molecule has 0 unspecified atom stereocenters. The molecule has 2 aromatic heterocycles. The van der Waals surface area contributed by atoms with Crippen molar-refractivity contribution in [3.63, 3.8) is 0 Å². The highest BCUT2D eigenvalue weighted by Crippen LogP contribution is 2.27. The van der Waals surface area contributed by atoms with Crippen LogP contribution in [0.5, 0.6) is 0 Å². The van der Waals surface area contributed by atoms with Gasteiger partial charge in [0.15, 0.2) is 5.69 Å². The molecule has 5 heterocycles. The number of amides is 1. The molecule has 0 saturated carbocycles. The summed E-state index contributed by atoms with van der Waals surface area (Å²) in [6.07, 6.45) is 5.26. The normalized spacial score (nSPS) is 21.1. The van der Waals surface area contributed by atoms with E-state index in [0.717, 1.165) is 55.5 Å². The molecule has 1 amide bonds. The van der Waals surface area contributed by atoms with E-state index in [0.29, 0.717) is 17.6 Å². The van der Waals surface area contributed by atoms with E-state index in [9.17, 15) is 4.79 Å². The first kappa shape index (κ1) is 18.2. The van der Waals surface area contributed by atoms with E-state index >= 15 is 0 Å². The topological polar surface area (TPSA) is 116 Å². The summed E-state index contributed by atoms with van der Waals surface area (Å²) < 4.78 is 5.38. The number of hydrogen-bond acceptors (Lipinski definition) is 6. The highest BCUT2D eigenvalue weighted by atomic mass is 16.3. The zero-order valence-electron chi connectivity index (χ0n) is 15.2. The van der Waals surface area contributed by atoms with Crippen LogP contribution in [0.1, 0.15) is 23.3 Å². The van der Waals surface area contributed by atoms with E-state index in [1.807, 2.05) is 23.1 Å². The third kappa shape index (κ3) is 3.36. The van der Waals surface area contributed by atoms with Crippen LogP contribution in [0.2, 0.25) is 0 Å². The number of oxazole rings is 1. The number of aromatic amines is 1. The molecule has 0 spiro atoms. The molecule has 3 aliphatic rings. The molecule has 9 nitrogen and oxygen atoms in total. The van der Waals surface area contributed by atoms with Crippen molar-refractivity contribution in [2.75, 3.05) is 26.2 Å². The number of carbonyl (C=O) groups is 2. The Morgan fingerprint density at radius 3 is 2.75 bits per heavy atom. The standard InChI is InChI=1S/C18H19N5O2.CH2O2/c24-18(23-9-8-22-6-3-13(23)4-7-22)16-14-11-12(17-19-5-10-25-17)1-2-15(14)20-21-16;2-1-3/h1-2,5,10-11,13H,3-4,6-9H2,(H,20,21);1H,(H,2,3). The van der Waals surface area contributed by atoms with Crippen LogP contribution in [0.3, 0.4) is 0 Å². The first-order valence-corrected chi connectivity index (χ1v) is 9.20. The van der Waals surface area contributed by atoms with Crippen LogP contribution in [0.25, 0.3) is 22.4 Å². The molecule has 0 aliphatic carbocycles. The third-order valence-corrected chi connectivity index (χ3v) is 5.36. The van der Waals surface area contributed by atoms with Gasteiger partial charge in [-0.05, 0) is 31.0 Å². The Kier molecular flexibility index (Phi) is 5.07. The van der Waals surface area contributed by atoms with Gasteiger partial charge in [-0.1, -0.05) is 0 Å². The Balaban J connectivity index is 0.000000604. The summed E-state index contributed by atoms with van der Waals surface area (Å²) in [6, 6.07) is 6.09.